The van der Waals surface area contributed by atoms with Crippen molar-refractivity contribution >= 4 is 0 Å². The van der Waals surface area contributed by atoms with E-state index < -0.39 is 0 Å². The lowest BCUT2D eigenvalue weighted by molar-refractivity contribution is 0.0915. The highest BCUT2D eigenvalue weighted by Gasteiger charge is 2.28. The molecule has 1 aromatic rings. The van der Waals surface area contributed by atoms with E-state index in [1.165, 1.54) is 38.0 Å². The van der Waals surface area contributed by atoms with Gasteiger partial charge in [0.05, 0.1) is 0 Å². The fourth-order valence-electron chi connectivity index (χ4n) is 2.40. The molecule has 86 valence electrons. The average Bonchev–Trinajstić information content (AvgIpc) is 3.06. The molecule has 0 amide bonds. The smallest absolute Gasteiger partial charge is 0.0234 e. The SMILES string of the molecule is c1ccc(CN2CC(CNC3CC3)C2)cc1. The lowest BCUT2D eigenvalue weighted by Crippen LogP contribution is -2.50. The third-order valence-corrected chi connectivity index (χ3v) is 3.55. The number of nitrogens with zero attached hydrogens (tertiary/aromatic N) is 1. The molecule has 16 heavy (non-hydrogen) atoms. The normalized spacial score (nSPS) is 22.0. The van der Waals surface area contributed by atoms with Crippen molar-refractivity contribution in [1.82, 2.24) is 10.2 Å². The van der Waals surface area contributed by atoms with Gasteiger partial charge in [0.1, 0.15) is 0 Å². The van der Waals surface area contributed by atoms with Gasteiger partial charge in [0, 0.05) is 32.2 Å². The second-order valence-electron chi connectivity index (χ2n) is 5.23. The molecule has 0 spiro atoms. The van der Waals surface area contributed by atoms with Crippen molar-refractivity contribution in [3.05, 3.63) is 35.9 Å². The Labute approximate surface area is 97.6 Å². The summed E-state index contributed by atoms with van der Waals surface area (Å²) in [5, 5.41) is 3.62. The lowest BCUT2D eigenvalue weighted by Gasteiger charge is -2.39. The molecule has 1 saturated carbocycles. The minimum absolute atomic E-state index is 0.864. The Hall–Kier alpha value is -0.860. The van der Waals surface area contributed by atoms with Gasteiger partial charge in [-0.1, -0.05) is 30.3 Å². The van der Waals surface area contributed by atoms with E-state index in [-0.39, 0.29) is 0 Å². The molecule has 0 bridgehead atoms. The molecule has 0 aromatic heterocycles. The third kappa shape index (κ3) is 2.63. The zero-order chi connectivity index (χ0) is 10.8. The summed E-state index contributed by atoms with van der Waals surface area (Å²) in [6.07, 6.45) is 2.81. The zero-order valence-electron chi connectivity index (χ0n) is 9.73. The molecule has 0 unspecified atom stereocenters. The number of nitrogens with one attached hydrogen (secondary N) is 1. The number of benzene rings is 1. The summed E-state index contributed by atoms with van der Waals surface area (Å²) < 4.78 is 0. The van der Waals surface area contributed by atoms with Crippen LogP contribution in [0.5, 0.6) is 0 Å². The van der Waals surface area contributed by atoms with Gasteiger partial charge in [-0.25, -0.2) is 0 Å². The van der Waals surface area contributed by atoms with Crippen molar-refractivity contribution in [1.29, 1.82) is 0 Å². The maximum atomic E-state index is 3.62. The quantitative estimate of drug-likeness (QED) is 0.808. The van der Waals surface area contributed by atoms with Crippen molar-refractivity contribution in [3.63, 3.8) is 0 Å². The fourth-order valence-corrected chi connectivity index (χ4v) is 2.40. The number of hydrogen-bond acceptors (Lipinski definition) is 2. The molecule has 2 nitrogen and oxygen atoms in total. The van der Waals surface area contributed by atoms with Crippen LogP contribution in [-0.2, 0) is 6.54 Å². The Morgan fingerprint density at radius 3 is 2.56 bits per heavy atom. The Morgan fingerprint density at radius 2 is 1.88 bits per heavy atom. The van der Waals surface area contributed by atoms with Gasteiger partial charge < -0.3 is 5.32 Å². The van der Waals surface area contributed by atoms with E-state index in [4.69, 9.17) is 0 Å². The summed E-state index contributed by atoms with van der Waals surface area (Å²) in [6, 6.07) is 11.6. The molecule has 0 atom stereocenters. The molecule has 2 aliphatic rings. The number of likely N-dealkylation sites (tertiary alicyclic amines) is 1. The van der Waals surface area contributed by atoms with Crippen molar-refractivity contribution in [3.8, 4) is 0 Å². The van der Waals surface area contributed by atoms with Gasteiger partial charge in [0.15, 0.2) is 0 Å². The van der Waals surface area contributed by atoms with Gasteiger partial charge in [-0.3, -0.25) is 4.90 Å². The van der Waals surface area contributed by atoms with Crippen molar-refractivity contribution in [2.24, 2.45) is 5.92 Å². The summed E-state index contributed by atoms with van der Waals surface area (Å²) in [6.45, 7) is 4.90. The van der Waals surface area contributed by atoms with Crippen LogP contribution in [0.2, 0.25) is 0 Å². The van der Waals surface area contributed by atoms with Gasteiger partial charge in [-0.2, -0.15) is 0 Å². The first kappa shape index (κ1) is 10.3. The predicted molar refractivity (Wildman–Crippen MR) is 66.2 cm³/mol. The van der Waals surface area contributed by atoms with E-state index in [2.05, 4.69) is 40.5 Å². The summed E-state index contributed by atoms with van der Waals surface area (Å²) in [5.74, 6) is 0.893. The first-order valence-electron chi connectivity index (χ1n) is 6.40. The molecule has 1 aliphatic carbocycles. The highest BCUT2D eigenvalue weighted by Crippen LogP contribution is 2.22. The molecule has 1 heterocycles. The second kappa shape index (κ2) is 4.56. The standard InChI is InChI=1S/C14H20N2/c1-2-4-12(5-3-1)9-16-10-13(11-16)8-15-14-6-7-14/h1-5,13-15H,6-11H2. The van der Waals surface area contributed by atoms with E-state index in [9.17, 15) is 0 Å². The van der Waals surface area contributed by atoms with Crippen molar-refractivity contribution < 1.29 is 0 Å². The number of hydrogen-bond donors (Lipinski definition) is 1. The number of rotatable bonds is 5. The highest BCUT2D eigenvalue weighted by atomic mass is 15.2. The fraction of sp³-hybridized carbons (Fsp3) is 0.571. The van der Waals surface area contributed by atoms with Crippen LogP contribution in [0.4, 0.5) is 0 Å². The molecule has 1 aliphatic heterocycles. The summed E-state index contributed by atoms with van der Waals surface area (Å²) in [7, 11) is 0. The van der Waals surface area contributed by atoms with Crippen LogP contribution < -0.4 is 5.32 Å². The highest BCUT2D eigenvalue weighted by molar-refractivity contribution is 5.14. The molecule has 3 rings (SSSR count). The maximum absolute atomic E-state index is 3.62. The molecule has 0 radical (unpaired) electrons. The maximum Gasteiger partial charge on any atom is 0.0234 e. The van der Waals surface area contributed by atoms with E-state index >= 15 is 0 Å². The van der Waals surface area contributed by atoms with Gasteiger partial charge >= 0.3 is 0 Å². The predicted octanol–water partition coefficient (Wildman–Crippen LogP) is 1.87. The molecule has 2 fully saturated rings. The van der Waals surface area contributed by atoms with Crippen LogP contribution in [0.25, 0.3) is 0 Å². The Balaban J connectivity index is 1.37. The van der Waals surface area contributed by atoms with E-state index in [1.807, 2.05) is 0 Å². The molecule has 1 saturated heterocycles. The molecular weight excluding hydrogens is 196 g/mol. The van der Waals surface area contributed by atoms with E-state index in [0.717, 1.165) is 18.5 Å². The van der Waals surface area contributed by atoms with Crippen LogP contribution in [-0.4, -0.2) is 30.6 Å². The molecular formula is C14H20N2. The Bertz CT molecular complexity index is 326. The second-order valence-corrected chi connectivity index (χ2v) is 5.23. The van der Waals surface area contributed by atoms with Crippen LogP contribution in [0.3, 0.4) is 0 Å². The van der Waals surface area contributed by atoms with Crippen LogP contribution in [0.1, 0.15) is 18.4 Å². The molecule has 2 heteroatoms. The van der Waals surface area contributed by atoms with Gasteiger partial charge in [-0.05, 0) is 24.3 Å². The average molecular weight is 216 g/mol. The first-order valence-corrected chi connectivity index (χ1v) is 6.40. The zero-order valence-corrected chi connectivity index (χ0v) is 9.73. The van der Waals surface area contributed by atoms with Gasteiger partial charge in [0.25, 0.3) is 0 Å². The van der Waals surface area contributed by atoms with Gasteiger partial charge in [0.2, 0.25) is 0 Å². The molecule has 1 N–H and O–H groups in total. The van der Waals surface area contributed by atoms with Crippen LogP contribution >= 0.6 is 0 Å². The lowest BCUT2D eigenvalue weighted by atomic mass is 9.99. The Kier molecular flexibility index (Phi) is 2.94. The summed E-state index contributed by atoms with van der Waals surface area (Å²) in [5.41, 5.74) is 1.44. The van der Waals surface area contributed by atoms with Gasteiger partial charge in [-0.15, -0.1) is 0 Å². The first-order chi connectivity index (χ1) is 7.90. The largest absolute Gasteiger partial charge is 0.314 e. The minimum Gasteiger partial charge on any atom is -0.314 e. The minimum atomic E-state index is 0.864. The van der Waals surface area contributed by atoms with Crippen LogP contribution in [0, 0.1) is 5.92 Å². The van der Waals surface area contributed by atoms with Crippen molar-refractivity contribution in [2.45, 2.75) is 25.4 Å². The third-order valence-electron chi connectivity index (χ3n) is 3.55. The molecule has 1 aromatic carbocycles. The topological polar surface area (TPSA) is 15.3 Å². The van der Waals surface area contributed by atoms with Crippen LogP contribution in [0.15, 0.2) is 30.3 Å². The van der Waals surface area contributed by atoms with Crippen molar-refractivity contribution in [2.75, 3.05) is 19.6 Å². The van der Waals surface area contributed by atoms with E-state index in [1.54, 1.807) is 0 Å². The van der Waals surface area contributed by atoms with E-state index in [0.29, 0.717) is 0 Å². The summed E-state index contributed by atoms with van der Waals surface area (Å²) >= 11 is 0. The summed E-state index contributed by atoms with van der Waals surface area (Å²) in [4.78, 5) is 2.54. The Morgan fingerprint density at radius 1 is 1.12 bits per heavy atom. The monoisotopic (exact) mass is 216 g/mol.